The zero-order valence-electron chi connectivity index (χ0n) is 23.6. The number of hydrogen-bond acceptors (Lipinski definition) is 5. The second-order valence-electron chi connectivity index (χ2n) is 14.2. The van der Waals surface area contributed by atoms with Gasteiger partial charge in [0.05, 0.1) is 11.7 Å². The largest absolute Gasteiger partial charge is 0.368 e. The molecule has 5 heteroatoms. The van der Waals surface area contributed by atoms with Crippen molar-refractivity contribution in [3.63, 3.8) is 0 Å². The zero-order chi connectivity index (χ0) is 25.3. The number of carbonyl (C=O) groups is 1. The smallest absolute Gasteiger partial charge is 0.133 e. The summed E-state index contributed by atoms with van der Waals surface area (Å²) in [5, 5.41) is 7.21. The Labute approximate surface area is 219 Å². The molecule has 202 valence electrons. The molecule has 0 aromatic carbocycles. The highest BCUT2D eigenvalue weighted by Crippen LogP contribution is 2.65. The molecule has 0 bridgehead atoms. The van der Waals surface area contributed by atoms with Gasteiger partial charge in [-0.25, -0.2) is 0 Å². The maximum Gasteiger partial charge on any atom is 0.133 e. The number of fused-ring (bicyclic) bond motifs is 6. The molecule has 0 radical (unpaired) electrons. The molecule has 5 fully saturated rings. The Hall–Kier alpha value is -0.750. The third-order valence-electron chi connectivity index (χ3n) is 12.3. The number of nitrogens with zero attached hydrogens (tertiary/aromatic N) is 1. The zero-order valence-corrected chi connectivity index (χ0v) is 23.6. The van der Waals surface area contributed by atoms with E-state index in [1.165, 1.54) is 38.5 Å². The van der Waals surface area contributed by atoms with E-state index in [1.54, 1.807) is 11.1 Å². The summed E-state index contributed by atoms with van der Waals surface area (Å²) in [6.45, 7) is 10.7. The summed E-state index contributed by atoms with van der Waals surface area (Å²) in [6, 6.07) is 0. The van der Waals surface area contributed by atoms with Crippen molar-refractivity contribution in [2.45, 2.75) is 109 Å². The molecule has 9 atom stereocenters. The number of ether oxygens (including phenoxy) is 1. The lowest BCUT2D eigenvalue weighted by Gasteiger charge is -2.52. The minimum atomic E-state index is -0.0313. The highest BCUT2D eigenvalue weighted by molar-refractivity contribution is 5.79. The van der Waals surface area contributed by atoms with Crippen LogP contribution in [-0.2, 0) is 9.53 Å². The maximum atomic E-state index is 12.3. The van der Waals surface area contributed by atoms with E-state index in [2.05, 4.69) is 50.4 Å². The second kappa shape index (κ2) is 9.17. The average molecular weight is 498 g/mol. The molecule has 6 rings (SSSR count). The first-order chi connectivity index (χ1) is 17.2. The molecule has 4 aliphatic carbocycles. The number of likely N-dealkylation sites (tertiary alicyclic amines) is 1. The van der Waals surface area contributed by atoms with E-state index < -0.39 is 0 Å². The molecule has 0 aromatic heterocycles. The van der Waals surface area contributed by atoms with Crippen LogP contribution in [-0.4, -0.2) is 61.8 Å². The second-order valence-corrected chi connectivity index (χ2v) is 14.2. The Morgan fingerprint density at radius 1 is 1.14 bits per heavy atom. The van der Waals surface area contributed by atoms with Gasteiger partial charge in [-0.15, -0.1) is 0 Å². The van der Waals surface area contributed by atoms with Gasteiger partial charge >= 0.3 is 0 Å². The fourth-order valence-electron chi connectivity index (χ4n) is 10.5. The molecule has 3 saturated carbocycles. The number of nitrogens with one attached hydrogen (secondary N) is 2. The first kappa shape index (κ1) is 25.5. The summed E-state index contributed by atoms with van der Waals surface area (Å²) in [4.78, 5) is 15.0. The summed E-state index contributed by atoms with van der Waals surface area (Å²) < 4.78 is 7.24. The highest BCUT2D eigenvalue weighted by Gasteiger charge is 2.62. The van der Waals surface area contributed by atoms with E-state index in [-0.39, 0.29) is 17.4 Å². The molecule has 2 aliphatic heterocycles. The summed E-state index contributed by atoms with van der Waals surface area (Å²) >= 11 is 0. The van der Waals surface area contributed by atoms with Crippen LogP contribution in [0.4, 0.5) is 0 Å². The van der Waals surface area contributed by atoms with Crippen molar-refractivity contribution in [1.29, 1.82) is 0 Å². The van der Waals surface area contributed by atoms with E-state index in [9.17, 15) is 4.79 Å². The number of likely N-dealkylation sites (N-methyl/N-ethyl adjacent to an activating group) is 2. The van der Waals surface area contributed by atoms with Crippen molar-refractivity contribution in [2.75, 3.05) is 33.7 Å². The van der Waals surface area contributed by atoms with E-state index in [1.807, 2.05) is 0 Å². The molecule has 2 heterocycles. The number of carbonyl (C=O) groups excluding carboxylic acids is 1. The molecule has 6 aliphatic rings. The van der Waals surface area contributed by atoms with Gasteiger partial charge in [0.25, 0.3) is 0 Å². The van der Waals surface area contributed by atoms with E-state index >= 15 is 0 Å². The Balaban J connectivity index is 1.27. The molecule has 5 nitrogen and oxygen atoms in total. The van der Waals surface area contributed by atoms with Crippen molar-refractivity contribution in [3.8, 4) is 0 Å². The van der Waals surface area contributed by atoms with Crippen molar-refractivity contribution >= 4 is 5.78 Å². The standard InChI is InChI=1S/C31H51N3O2/c1-20-14-28-31(33-5,34(18-20)13-12-32-4)19-30(36-28)11-9-24-25-7-6-22-15-23(35)8-10-29(22,3)27(25)16-26(24)21(2)17-30/h20,22,24-25,27-28,32-33H,6-19H2,1-5H3. The van der Waals surface area contributed by atoms with Crippen LogP contribution in [0.15, 0.2) is 11.1 Å². The Morgan fingerprint density at radius 3 is 2.75 bits per heavy atom. The van der Waals surface area contributed by atoms with Crippen LogP contribution in [0, 0.1) is 35.0 Å². The molecular weight excluding hydrogens is 446 g/mol. The van der Waals surface area contributed by atoms with Gasteiger partial charge in [-0.05, 0) is 107 Å². The van der Waals surface area contributed by atoms with E-state index in [0.717, 1.165) is 69.5 Å². The number of Topliss-reactive ketones (excluding diaryl/α,β-unsaturated/α-hetero) is 1. The van der Waals surface area contributed by atoms with Gasteiger partial charge in [0.2, 0.25) is 0 Å². The number of ketones is 1. The van der Waals surface area contributed by atoms with Gasteiger partial charge in [-0.3, -0.25) is 15.0 Å². The van der Waals surface area contributed by atoms with E-state index in [4.69, 9.17) is 4.74 Å². The quantitative estimate of drug-likeness (QED) is 0.541. The molecule has 0 aromatic rings. The van der Waals surface area contributed by atoms with E-state index in [0.29, 0.717) is 23.0 Å². The summed E-state index contributed by atoms with van der Waals surface area (Å²) in [6.07, 6.45) is 12.9. The van der Waals surface area contributed by atoms with Gasteiger partial charge in [-0.2, -0.15) is 0 Å². The van der Waals surface area contributed by atoms with Crippen LogP contribution in [0.3, 0.4) is 0 Å². The normalized spacial score (nSPS) is 49.0. The van der Waals surface area contributed by atoms with Gasteiger partial charge in [0, 0.05) is 38.9 Å². The molecule has 2 saturated heterocycles. The first-order valence-electron chi connectivity index (χ1n) is 15.2. The predicted molar refractivity (Wildman–Crippen MR) is 145 cm³/mol. The molecule has 1 spiro atoms. The summed E-state index contributed by atoms with van der Waals surface area (Å²) in [5.41, 5.74) is 3.78. The SMILES string of the molecule is CNCCN1CC(C)CC2OC3(CCC4C(=C(C)C3)CC3C4CCC4CC(=O)CCC43C)CC21NC. The third-order valence-corrected chi connectivity index (χ3v) is 12.3. The monoisotopic (exact) mass is 497 g/mol. The van der Waals surface area contributed by atoms with Crippen LogP contribution < -0.4 is 10.6 Å². The van der Waals surface area contributed by atoms with Crippen molar-refractivity contribution in [3.05, 3.63) is 11.1 Å². The number of allylic oxidation sites excluding steroid dienone is 1. The number of piperidine rings is 1. The van der Waals surface area contributed by atoms with Crippen LogP contribution >= 0.6 is 0 Å². The lowest BCUT2D eigenvalue weighted by Crippen LogP contribution is -2.67. The fourth-order valence-corrected chi connectivity index (χ4v) is 10.5. The van der Waals surface area contributed by atoms with Gasteiger partial charge in [-0.1, -0.05) is 25.0 Å². The average Bonchev–Trinajstić information content (AvgIpc) is 3.34. The van der Waals surface area contributed by atoms with Crippen LogP contribution in [0.1, 0.15) is 91.4 Å². The lowest BCUT2D eigenvalue weighted by atomic mass is 9.52. The van der Waals surface area contributed by atoms with Crippen LogP contribution in [0.5, 0.6) is 0 Å². The molecule has 2 N–H and O–H groups in total. The van der Waals surface area contributed by atoms with Gasteiger partial charge in [0.15, 0.2) is 0 Å². The Kier molecular flexibility index (Phi) is 6.50. The minimum Gasteiger partial charge on any atom is -0.368 e. The molecule has 0 amide bonds. The van der Waals surface area contributed by atoms with Gasteiger partial charge < -0.3 is 10.1 Å². The molecule has 9 unspecified atom stereocenters. The van der Waals surface area contributed by atoms with Crippen molar-refractivity contribution in [2.24, 2.45) is 35.0 Å². The minimum absolute atomic E-state index is 0.0229. The summed E-state index contributed by atoms with van der Waals surface area (Å²) in [5.74, 6) is 4.21. The predicted octanol–water partition coefficient (Wildman–Crippen LogP) is 4.91. The third kappa shape index (κ3) is 3.81. The molecule has 36 heavy (non-hydrogen) atoms. The Morgan fingerprint density at radius 2 is 1.97 bits per heavy atom. The Bertz CT molecular complexity index is 917. The van der Waals surface area contributed by atoms with Crippen LogP contribution in [0.2, 0.25) is 0 Å². The van der Waals surface area contributed by atoms with Gasteiger partial charge in [0.1, 0.15) is 11.4 Å². The lowest BCUT2D eigenvalue weighted by molar-refractivity contribution is -0.129. The topological polar surface area (TPSA) is 53.6 Å². The van der Waals surface area contributed by atoms with Crippen LogP contribution in [0.25, 0.3) is 0 Å². The highest BCUT2D eigenvalue weighted by atomic mass is 16.5. The van der Waals surface area contributed by atoms with Crippen molar-refractivity contribution in [1.82, 2.24) is 15.5 Å². The fraction of sp³-hybridized carbons (Fsp3) is 0.903. The maximum absolute atomic E-state index is 12.3. The summed E-state index contributed by atoms with van der Waals surface area (Å²) in [7, 11) is 4.24. The van der Waals surface area contributed by atoms with Crippen molar-refractivity contribution < 1.29 is 9.53 Å². The first-order valence-corrected chi connectivity index (χ1v) is 15.2. The molecular formula is C31H51N3O2. The number of rotatable bonds is 4. The number of hydrogen-bond donors (Lipinski definition) is 2.